The molecule has 1 unspecified atom stereocenters. The summed E-state index contributed by atoms with van der Waals surface area (Å²) in [4.78, 5) is 0. The van der Waals surface area contributed by atoms with Gasteiger partial charge < -0.3 is 10.2 Å². The van der Waals surface area contributed by atoms with Gasteiger partial charge in [-0.3, -0.25) is 0 Å². The van der Waals surface area contributed by atoms with Crippen LogP contribution in [-0.4, -0.2) is 28.1 Å². The van der Waals surface area contributed by atoms with Gasteiger partial charge >= 0.3 is 12.0 Å². The minimum absolute atomic E-state index is 0.183. The molecule has 0 aromatic heterocycles. The normalized spacial score (nSPS) is 19.6. The van der Waals surface area contributed by atoms with E-state index in [0.717, 1.165) is 0 Å². The minimum atomic E-state index is -5.58. The highest BCUT2D eigenvalue weighted by Gasteiger charge is 2.67. The van der Waals surface area contributed by atoms with E-state index in [1.807, 2.05) is 0 Å². The Hall–Kier alpha value is -0.430. The number of rotatable bonds is 2. The second-order valence-corrected chi connectivity index (χ2v) is 2.07. The lowest BCUT2D eigenvalue weighted by molar-refractivity contribution is -0.394. The van der Waals surface area contributed by atoms with Gasteiger partial charge in [-0.2, -0.15) is 17.6 Å². The topological polar surface area (TPSA) is 40.5 Å². The first kappa shape index (κ1) is 10.6. The predicted molar refractivity (Wildman–Crippen MR) is 23.8 cm³/mol. The Bertz CT molecular complexity index is 128. The van der Waals surface area contributed by atoms with E-state index >= 15 is 0 Å². The molecule has 7 heteroatoms. The molecule has 2 nitrogen and oxygen atoms in total. The maximum atomic E-state index is 11.8. The van der Waals surface area contributed by atoms with E-state index < -0.39 is 17.9 Å². The standard InChI is InChI=1S/C4H5F5O2/c1-2(5,10)3(6,7)4(8,9)11/h10-11H,1H3. The molecular weight excluding hydrogens is 175 g/mol. The summed E-state index contributed by atoms with van der Waals surface area (Å²) >= 11 is 0. The van der Waals surface area contributed by atoms with Crippen LogP contribution in [0.5, 0.6) is 0 Å². The van der Waals surface area contributed by atoms with Crippen LogP contribution in [0, 0.1) is 0 Å². The molecule has 0 saturated carbocycles. The third-order valence-electron chi connectivity index (χ3n) is 0.951. The van der Waals surface area contributed by atoms with Crippen molar-refractivity contribution in [2.24, 2.45) is 0 Å². The monoisotopic (exact) mass is 180 g/mol. The molecule has 0 aliphatic carbocycles. The molecule has 0 aliphatic rings. The summed E-state index contributed by atoms with van der Waals surface area (Å²) in [5.41, 5.74) is 0. The first-order valence-corrected chi connectivity index (χ1v) is 2.39. The fourth-order valence-electron chi connectivity index (χ4n) is 0.274. The molecule has 68 valence electrons. The van der Waals surface area contributed by atoms with Crippen LogP contribution in [0.2, 0.25) is 0 Å². The second-order valence-electron chi connectivity index (χ2n) is 2.07. The van der Waals surface area contributed by atoms with Crippen molar-refractivity contribution in [3.05, 3.63) is 0 Å². The highest BCUT2D eigenvalue weighted by molar-refractivity contribution is 4.86. The number of halogens is 5. The van der Waals surface area contributed by atoms with Crippen molar-refractivity contribution in [1.82, 2.24) is 0 Å². The molecule has 0 bridgehead atoms. The Morgan fingerprint density at radius 2 is 1.18 bits per heavy atom. The van der Waals surface area contributed by atoms with Gasteiger partial charge in [0, 0.05) is 6.92 Å². The average Bonchev–Trinajstić information content (AvgIpc) is 1.58. The van der Waals surface area contributed by atoms with Crippen LogP contribution < -0.4 is 0 Å². The van der Waals surface area contributed by atoms with Gasteiger partial charge in [0.25, 0.3) is 5.85 Å². The molecule has 0 radical (unpaired) electrons. The zero-order valence-electron chi connectivity index (χ0n) is 5.28. The van der Waals surface area contributed by atoms with Crippen molar-refractivity contribution in [2.75, 3.05) is 0 Å². The van der Waals surface area contributed by atoms with Crippen molar-refractivity contribution < 1.29 is 32.2 Å². The van der Waals surface area contributed by atoms with Crippen LogP contribution in [-0.2, 0) is 0 Å². The summed E-state index contributed by atoms with van der Waals surface area (Å²) in [5, 5.41) is 15.2. The zero-order chi connectivity index (χ0) is 9.50. The van der Waals surface area contributed by atoms with Crippen molar-refractivity contribution >= 4 is 0 Å². The number of hydrogen-bond donors (Lipinski definition) is 2. The van der Waals surface area contributed by atoms with Gasteiger partial charge in [0.15, 0.2) is 0 Å². The fourth-order valence-corrected chi connectivity index (χ4v) is 0.274. The summed E-state index contributed by atoms with van der Waals surface area (Å²) in [6, 6.07) is 0. The Morgan fingerprint density at radius 3 is 1.18 bits per heavy atom. The number of hydrogen-bond acceptors (Lipinski definition) is 2. The quantitative estimate of drug-likeness (QED) is 0.619. The minimum Gasteiger partial charge on any atom is -0.357 e. The molecule has 1 atom stereocenters. The lowest BCUT2D eigenvalue weighted by Crippen LogP contribution is -2.54. The molecule has 0 rings (SSSR count). The van der Waals surface area contributed by atoms with Crippen molar-refractivity contribution in [3.8, 4) is 0 Å². The van der Waals surface area contributed by atoms with Crippen LogP contribution in [0.15, 0.2) is 0 Å². The predicted octanol–water partition coefficient (Wildman–Crippen LogP) is 0.885. The molecular formula is C4H5F5O2. The molecule has 0 spiro atoms. The van der Waals surface area contributed by atoms with Gasteiger partial charge in [-0.05, 0) is 0 Å². The van der Waals surface area contributed by atoms with Crippen LogP contribution in [0.25, 0.3) is 0 Å². The highest BCUT2D eigenvalue weighted by Crippen LogP contribution is 2.41. The SMILES string of the molecule is CC(O)(F)C(F)(F)C(O)(F)F. The van der Waals surface area contributed by atoms with Gasteiger partial charge in [0.05, 0.1) is 0 Å². The van der Waals surface area contributed by atoms with E-state index in [1.54, 1.807) is 0 Å². The van der Waals surface area contributed by atoms with Crippen molar-refractivity contribution in [3.63, 3.8) is 0 Å². The molecule has 2 N–H and O–H groups in total. The summed E-state index contributed by atoms with van der Waals surface area (Å²) in [6.07, 6.45) is -5.58. The largest absolute Gasteiger partial charge is 0.422 e. The van der Waals surface area contributed by atoms with Crippen molar-refractivity contribution in [1.29, 1.82) is 0 Å². The maximum absolute atomic E-state index is 11.8. The van der Waals surface area contributed by atoms with E-state index in [0.29, 0.717) is 0 Å². The van der Waals surface area contributed by atoms with E-state index in [2.05, 4.69) is 0 Å². The first-order chi connectivity index (χ1) is 4.50. The Balaban J connectivity index is 4.75. The van der Waals surface area contributed by atoms with Crippen LogP contribution >= 0.6 is 0 Å². The zero-order valence-corrected chi connectivity index (χ0v) is 5.28. The smallest absolute Gasteiger partial charge is 0.357 e. The van der Waals surface area contributed by atoms with Crippen LogP contribution in [0.4, 0.5) is 22.0 Å². The van der Waals surface area contributed by atoms with Crippen LogP contribution in [0.1, 0.15) is 6.92 Å². The Morgan fingerprint density at radius 1 is 0.909 bits per heavy atom. The molecule has 0 saturated heterocycles. The average molecular weight is 180 g/mol. The Kier molecular flexibility index (Phi) is 2.19. The first-order valence-electron chi connectivity index (χ1n) is 2.39. The molecule has 0 heterocycles. The third kappa shape index (κ3) is 1.78. The summed E-state index contributed by atoms with van der Waals surface area (Å²) in [7, 11) is 0. The lowest BCUT2D eigenvalue weighted by atomic mass is 10.1. The van der Waals surface area contributed by atoms with E-state index in [-0.39, 0.29) is 6.92 Å². The molecule has 0 fully saturated rings. The summed E-state index contributed by atoms with van der Waals surface area (Å²) < 4.78 is 58.3. The molecule has 0 amide bonds. The highest BCUT2D eigenvalue weighted by atomic mass is 19.3. The van der Waals surface area contributed by atoms with Gasteiger partial charge in [0.1, 0.15) is 0 Å². The maximum Gasteiger partial charge on any atom is 0.422 e. The molecule has 0 aromatic carbocycles. The molecule has 11 heavy (non-hydrogen) atoms. The summed E-state index contributed by atoms with van der Waals surface area (Å²) in [5.74, 6) is -9.97. The van der Waals surface area contributed by atoms with E-state index in [9.17, 15) is 22.0 Å². The molecule has 0 aromatic rings. The lowest BCUT2D eigenvalue weighted by Gasteiger charge is -2.27. The Labute approximate surface area is 58.3 Å². The van der Waals surface area contributed by atoms with Gasteiger partial charge in [-0.1, -0.05) is 0 Å². The van der Waals surface area contributed by atoms with Gasteiger partial charge in [-0.25, -0.2) is 4.39 Å². The number of alkyl halides is 5. The number of aliphatic hydroxyl groups is 2. The van der Waals surface area contributed by atoms with E-state index in [4.69, 9.17) is 10.2 Å². The fraction of sp³-hybridized carbons (Fsp3) is 1.00. The van der Waals surface area contributed by atoms with Crippen molar-refractivity contribution in [2.45, 2.75) is 24.8 Å². The third-order valence-corrected chi connectivity index (χ3v) is 0.951. The van der Waals surface area contributed by atoms with E-state index in [1.165, 1.54) is 0 Å². The van der Waals surface area contributed by atoms with Gasteiger partial charge in [0.2, 0.25) is 0 Å². The van der Waals surface area contributed by atoms with Crippen LogP contribution in [0.3, 0.4) is 0 Å². The second kappa shape index (κ2) is 2.28. The van der Waals surface area contributed by atoms with Gasteiger partial charge in [-0.15, -0.1) is 0 Å². The molecule has 0 aliphatic heterocycles. The summed E-state index contributed by atoms with van der Waals surface area (Å²) in [6.45, 7) is -0.183.